The summed E-state index contributed by atoms with van der Waals surface area (Å²) < 4.78 is 25.4. The van der Waals surface area contributed by atoms with Crippen molar-refractivity contribution in [3.8, 4) is 0 Å². The van der Waals surface area contributed by atoms with Crippen molar-refractivity contribution in [3.63, 3.8) is 0 Å². The Morgan fingerprint density at radius 3 is 2.38 bits per heavy atom. The fraction of sp³-hybridized carbons (Fsp3) is 0.300. The molecule has 0 saturated carbocycles. The molecule has 2 N–H and O–H groups in total. The first kappa shape index (κ1) is 12.7. The van der Waals surface area contributed by atoms with Gasteiger partial charge in [0.25, 0.3) is 0 Å². The van der Waals surface area contributed by atoms with Crippen LogP contribution in [0.1, 0.15) is 12.5 Å². The predicted octanol–water partition coefficient (Wildman–Crippen LogP) is 0.862. The molecule has 0 fully saturated rings. The summed E-state index contributed by atoms with van der Waals surface area (Å²) >= 11 is 0. The number of hydrogen-bond acceptors (Lipinski definition) is 3. The molecule has 1 aromatic rings. The van der Waals surface area contributed by atoms with E-state index in [9.17, 15) is 13.2 Å². The summed E-state index contributed by atoms with van der Waals surface area (Å²) in [6, 6.07) is 4.64. The lowest BCUT2D eigenvalue weighted by Crippen LogP contribution is -2.19. The maximum atomic E-state index is 11.6. The van der Waals surface area contributed by atoms with Crippen molar-refractivity contribution in [1.29, 1.82) is 0 Å². The van der Waals surface area contributed by atoms with E-state index in [2.05, 4.69) is 10.0 Å². The number of aryl methyl sites for hydroxylation is 1. The number of rotatable bonds is 3. The van der Waals surface area contributed by atoms with Crippen LogP contribution in [0.15, 0.2) is 23.1 Å². The number of anilines is 1. The first-order chi connectivity index (χ1) is 7.36. The molecule has 0 heterocycles. The van der Waals surface area contributed by atoms with Gasteiger partial charge in [-0.3, -0.25) is 4.79 Å². The molecule has 0 aliphatic heterocycles. The second-order valence-corrected chi connectivity index (χ2v) is 5.22. The highest BCUT2D eigenvalue weighted by molar-refractivity contribution is 7.89. The molecule has 16 heavy (non-hydrogen) atoms. The van der Waals surface area contributed by atoms with Crippen LogP contribution >= 0.6 is 0 Å². The van der Waals surface area contributed by atoms with E-state index in [4.69, 9.17) is 0 Å². The molecular weight excluding hydrogens is 228 g/mol. The number of carbonyl (C=O) groups is 1. The molecule has 6 heteroatoms. The summed E-state index contributed by atoms with van der Waals surface area (Å²) in [7, 11) is -2.08. The smallest absolute Gasteiger partial charge is 0.240 e. The van der Waals surface area contributed by atoms with Gasteiger partial charge in [-0.1, -0.05) is 0 Å². The van der Waals surface area contributed by atoms with Gasteiger partial charge in [-0.05, 0) is 37.7 Å². The molecule has 5 nitrogen and oxygen atoms in total. The van der Waals surface area contributed by atoms with Gasteiger partial charge in [-0.15, -0.1) is 0 Å². The lowest BCUT2D eigenvalue weighted by Gasteiger charge is -2.08. The summed E-state index contributed by atoms with van der Waals surface area (Å²) in [6.07, 6.45) is 0. The quantitative estimate of drug-likeness (QED) is 0.825. The van der Waals surface area contributed by atoms with Gasteiger partial charge in [0.05, 0.1) is 4.90 Å². The number of benzene rings is 1. The van der Waals surface area contributed by atoms with Crippen molar-refractivity contribution >= 4 is 21.6 Å². The number of amides is 1. The van der Waals surface area contributed by atoms with Gasteiger partial charge in [0.1, 0.15) is 0 Å². The van der Waals surface area contributed by atoms with Crippen LogP contribution in [0.25, 0.3) is 0 Å². The minimum absolute atomic E-state index is 0.191. The summed E-state index contributed by atoms with van der Waals surface area (Å²) in [5.74, 6) is -0.191. The van der Waals surface area contributed by atoms with Crippen molar-refractivity contribution in [3.05, 3.63) is 23.8 Å². The maximum Gasteiger partial charge on any atom is 0.240 e. The fourth-order valence-electron chi connectivity index (χ4n) is 1.34. The molecule has 1 amide bonds. The normalized spacial score (nSPS) is 11.2. The average Bonchev–Trinajstić information content (AvgIpc) is 2.16. The van der Waals surface area contributed by atoms with Crippen LogP contribution in [0.5, 0.6) is 0 Å². The molecular formula is C10H14N2O3S. The molecule has 0 aromatic heterocycles. The van der Waals surface area contributed by atoms with Crippen molar-refractivity contribution in [2.24, 2.45) is 0 Å². The zero-order valence-electron chi connectivity index (χ0n) is 9.37. The monoisotopic (exact) mass is 242 g/mol. The van der Waals surface area contributed by atoms with Crippen LogP contribution in [0.3, 0.4) is 0 Å². The van der Waals surface area contributed by atoms with Gasteiger partial charge in [-0.2, -0.15) is 0 Å². The van der Waals surface area contributed by atoms with E-state index >= 15 is 0 Å². The van der Waals surface area contributed by atoms with E-state index in [0.717, 1.165) is 0 Å². The number of carbonyl (C=O) groups excluding carboxylic acids is 1. The van der Waals surface area contributed by atoms with E-state index < -0.39 is 10.0 Å². The molecule has 0 saturated heterocycles. The largest absolute Gasteiger partial charge is 0.326 e. The van der Waals surface area contributed by atoms with E-state index in [1.54, 1.807) is 19.1 Å². The van der Waals surface area contributed by atoms with Crippen molar-refractivity contribution in [2.45, 2.75) is 18.7 Å². The number of hydrogen-bond donors (Lipinski definition) is 2. The van der Waals surface area contributed by atoms with Crippen molar-refractivity contribution in [1.82, 2.24) is 4.72 Å². The Labute approximate surface area is 94.9 Å². The molecule has 0 aliphatic rings. The molecule has 0 spiro atoms. The third-order valence-electron chi connectivity index (χ3n) is 2.05. The second kappa shape index (κ2) is 4.63. The van der Waals surface area contributed by atoms with Crippen LogP contribution in [0.2, 0.25) is 0 Å². The van der Waals surface area contributed by atoms with Gasteiger partial charge in [-0.25, -0.2) is 13.1 Å². The van der Waals surface area contributed by atoms with Crippen molar-refractivity contribution < 1.29 is 13.2 Å². The van der Waals surface area contributed by atoms with Gasteiger partial charge in [0.2, 0.25) is 15.9 Å². The topological polar surface area (TPSA) is 75.3 Å². The number of nitrogens with one attached hydrogen (secondary N) is 2. The highest BCUT2D eigenvalue weighted by Crippen LogP contribution is 2.19. The third kappa shape index (κ3) is 2.80. The Bertz CT molecular complexity index is 509. The van der Waals surface area contributed by atoms with Gasteiger partial charge in [0.15, 0.2) is 0 Å². The van der Waals surface area contributed by atoms with Crippen LogP contribution in [0.4, 0.5) is 5.69 Å². The second-order valence-electron chi connectivity index (χ2n) is 3.37. The van der Waals surface area contributed by atoms with Gasteiger partial charge < -0.3 is 5.32 Å². The van der Waals surface area contributed by atoms with Crippen LogP contribution < -0.4 is 10.0 Å². The lowest BCUT2D eigenvalue weighted by atomic mass is 10.2. The zero-order valence-corrected chi connectivity index (χ0v) is 10.2. The van der Waals surface area contributed by atoms with Gasteiger partial charge in [0, 0.05) is 12.6 Å². The third-order valence-corrected chi connectivity index (χ3v) is 3.63. The molecule has 0 radical (unpaired) electrons. The molecule has 88 valence electrons. The fourth-order valence-corrected chi connectivity index (χ4v) is 2.29. The Balaban J connectivity index is 3.15. The maximum absolute atomic E-state index is 11.6. The zero-order chi connectivity index (χ0) is 12.3. The molecule has 1 aromatic carbocycles. The summed E-state index contributed by atoms with van der Waals surface area (Å²) in [6.45, 7) is 3.07. The highest BCUT2D eigenvalue weighted by atomic mass is 32.2. The first-order valence-corrected chi connectivity index (χ1v) is 6.17. The van der Waals surface area contributed by atoms with Gasteiger partial charge >= 0.3 is 0 Å². The Morgan fingerprint density at radius 1 is 1.31 bits per heavy atom. The molecule has 0 bridgehead atoms. The molecule has 0 aliphatic carbocycles. The Morgan fingerprint density at radius 2 is 1.94 bits per heavy atom. The first-order valence-electron chi connectivity index (χ1n) is 4.68. The Hall–Kier alpha value is -1.40. The molecule has 0 unspecified atom stereocenters. The lowest BCUT2D eigenvalue weighted by molar-refractivity contribution is -0.114. The number of sulfonamides is 1. The minimum Gasteiger partial charge on any atom is -0.326 e. The standard InChI is InChI=1S/C10H14N2O3S/c1-7-6-9(12-8(2)13)4-5-10(7)16(14,15)11-3/h4-6,11H,1-3H3,(H,12,13). The highest BCUT2D eigenvalue weighted by Gasteiger charge is 2.14. The van der Waals surface area contributed by atoms with E-state index in [1.807, 2.05) is 0 Å². The molecule has 1 rings (SSSR count). The summed E-state index contributed by atoms with van der Waals surface area (Å²) in [5, 5.41) is 2.59. The Kier molecular flexibility index (Phi) is 3.66. The van der Waals surface area contributed by atoms with E-state index in [0.29, 0.717) is 11.3 Å². The van der Waals surface area contributed by atoms with Crippen molar-refractivity contribution in [2.75, 3.05) is 12.4 Å². The predicted molar refractivity (Wildman–Crippen MR) is 61.7 cm³/mol. The minimum atomic E-state index is -3.44. The van der Waals surface area contributed by atoms with Crippen LogP contribution in [-0.4, -0.2) is 21.4 Å². The summed E-state index contributed by atoms with van der Waals surface area (Å²) in [4.78, 5) is 11.0. The van der Waals surface area contributed by atoms with Crippen LogP contribution in [-0.2, 0) is 14.8 Å². The molecule has 0 atom stereocenters. The summed E-state index contributed by atoms with van der Waals surface area (Å²) in [5.41, 5.74) is 1.17. The van der Waals surface area contributed by atoms with Crippen LogP contribution in [0, 0.1) is 6.92 Å². The van der Waals surface area contributed by atoms with E-state index in [-0.39, 0.29) is 10.8 Å². The SMILES string of the molecule is CNS(=O)(=O)c1ccc(NC(C)=O)cc1C. The van der Waals surface area contributed by atoms with E-state index in [1.165, 1.54) is 20.0 Å². The average molecular weight is 242 g/mol.